The summed E-state index contributed by atoms with van der Waals surface area (Å²) in [4.78, 5) is 26.9. The van der Waals surface area contributed by atoms with E-state index in [0.29, 0.717) is 22.2 Å². The minimum Gasteiger partial charge on any atom is -0.483 e. The van der Waals surface area contributed by atoms with Crippen molar-refractivity contribution >= 4 is 35.0 Å². The highest BCUT2D eigenvalue weighted by atomic mass is 35.5. The van der Waals surface area contributed by atoms with Crippen LogP contribution in [-0.4, -0.2) is 36.4 Å². The van der Waals surface area contributed by atoms with Gasteiger partial charge in [-0.1, -0.05) is 48.3 Å². The van der Waals surface area contributed by atoms with Crippen molar-refractivity contribution in [3.63, 3.8) is 0 Å². The van der Waals surface area contributed by atoms with Crippen molar-refractivity contribution in [2.45, 2.75) is 39.8 Å². The van der Waals surface area contributed by atoms with Gasteiger partial charge < -0.3 is 15.0 Å². The lowest BCUT2D eigenvalue weighted by molar-refractivity contribution is -0.142. The summed E-state index contributed by atoms with van der Waals surface area (Å²) in [7, 11) is 1.55. The molecule has 5 nitrogen and oxygen atoms in total. The third kappa shape index (κ3) is 6.12. The van der Waals surface area contributed by atoms with Gasteiger partial charge in [0.05, 0.1) is 10.0 Å². The Morgan fingerprint density at radius 2 is 1.83 bits per heavy atom. The molecule has 2 amide bonds. The molecular weight excluding hydrogens is 411 g/mol. The SMILES string of the molecule is CCC(C(=O)NC)N(Cc1ccc(Cl)c(Cl)c1)C(=O)COc1cc(C)ccc1C. The van der Waals surface area contributed by atoms with Gasteiger partial charge in [0.1, 0.15) is 11.8 Å². The number of hydrogen-bond acceptors (Lipinski definition) is 3. The highest BCUT2D eigenvalue weighted by Gasteiger charge is 2.28. The second-order valence-corrected chi connectivity index (χ2v) is 7.68. The zero-order chi connectivity index (χ0) is 21.6. The van der Waals surface area contributed by atoms with Gasteiger partial charge in [-0.2, -0.15) is 0 Å². The van der Waals surface area contributed by atoms with Crippen molar-refractivity contribution in [3.8, 4) is 5.75 Å². The van der Waals surface area contributed by atoms with Crippen LogP contribution >= 0.6 is 23.2 Å². The minimum atomic E-state index is -0.621. The van der Waals surface area contributed by atoms with E-state index in [-0.39, 0.29) is 25.0 Å². The summed E-state index contributed by atoms with van der Waals surface area (Å²) in [6.45, 7) is 5.80. The quantitative estimate of drug-likeness (QED) is 0.660. The van der Waals surface area contributed by atoms with Crippen LogP contribution in [0.5, 0.6) is 5.75 Å². The van der Waals surface area contributed by atoms with Crippen molar-refractivity contribution in [1.29, 1.82) is 0 Å². The molecule has 0 spiro atoms. The lowest BCUT2D eigenvalue weighted by atomic mass is 10.1. The number of ether oxygens (including phenoxy) is 1. The molecule has 0 aliphatic rings. The van der Waals surface area contributed by atoms with Gasteiger partial charge in [0.15, 0.2) is 6.61 Å². The van der Waals surface area contributed by atoms with Crippen molar-refractivity contribution in [2.75, 3.05) is 13.7 Å². The number of likely N-dealkylation sites (N-methyl/N-ethyl adjacent to an activating group) is 1. The van der Waals surface area contributed by atoms with E-state index in [1.165, 1.54) is 4.90 Å². The van der Waals surface area contributed by atoms with E-state index in [2.05, 4.69) is 5.32 Å². The van der Waals surface area contributed by atoms with Crippen molar-refractivity contribution in [3.05, 3.63) is 63.1 Å². The molecule has 0 fully saturated rings. The number of benzene rings is 2. The van der Waals surface area contributed by atoms with Gasteiger partial charge >= 0.3 is 0 Å². The maximum atomic E-state index is 13.1. The van der Waals surface area contributed by atoms with Gasteiger partial charge in [0.2, 0.25) is 5.91 Å². The molecule has 0 saturated heterocycles. The zero-order valence-electron chi connectivity index (χ0n) is 17.1. The van der Waals surface area contributed by atoms with Crippen LogP contribution in [0, 0.1) is 13.8 Å². The molecule has 2 aromatic rings. The van der Waals surface area contributed by atoms with Crippen LogP contribution < -0.4 is 10.1 Å². The number of halogens is 2. The monoisotopic (exact) mass is 436 g/mol. The van der Waals surface area contributed by atoms with Gasteiger partial charge in [-0.05, 0) is 55.2 Å². The zero-order valence-corrected chi connectivity index (χ0v) is 18.6. The average molecular weight is 437 g/mol. The van der Waals surface area contributed by atoms with Crippen LogP contribution in [-0.2, 0) is 16.1 Å². The molecule has 2 rings (SSSR count). The van der Waals surface area contributed by atoms with E-state index in [4.69, 9.17) is 27.9 Å². The number of amides is 2. The molecular formula is C22H26Cl2N2O3. The Hall–Kier alpha value is -2.24. The Morgan fingerprint density at radius 1 is 1.10 bits per heavy atom. The standard InChI is InChI=1S/C22H26Cl2N2O3/c1-5-19(22(28)25-4)26(12-16-8-9-17(23)18(24)11-16)21(27)13-29-20-10-14(2)6-7-15(20)3/h6-11,19H,5,12-13H2,1-4H3,(H,25,28). The largest absolute Gasteiger partial charge is 0.483 e. The topological polar surface area (TPSA) is 58.6 Å². The predicted molar refractivity (Wildman–Crippen MR) is 117 cm³/mol. The van der Waals surface area contributed by atoms with Crippen molar-refractivity contribution in [1.82, 2.24) is 10.2 Å². The van der Waals surface area contributed by atoms with E-state index in [0.717, 1.165) is 16.7 Å². The summed E-state index contributed by atoms with van der Waals surface area (Å²) in [6, 6.07) is 10.4. The maximum Gasteiger partial charge on any atom is 0.261 e. The molecule has 0 heterocycles. The third-order valence-electron chi connectivity index (χ3n) is 4.66. The van der Waals surface area contributed by atoms with Gasteiger partial charge in [-0.25, -0.2) is 0 Å². The molecule has 7 heteroatoms. The van der Waals surface area contributed by atoms with Crippen LogP contribution in [0.25, 0.3) is 0 Å². The molecule has 1 unspecified atom stereocenters. The average Bonchev–Trinajstić information content (AvgIpc) is 2.70. The van der Waals surface area contributed by atoms with Crippen LogP contribution in [0.2, 0.25) is 10.0 Å². The Labute approximate surface area is 181 Å². The van der Waals surface area contributed by atoms with Crippen LogP contribution in [0.1, 0.15) is 30.0 Å². The number of aryl methyl sites for hydroxylation is 2. The van der Waals surface area contributed by atoms with Crippen molar-refractivity contribution in [2.24, 2.45) is 0 Å². The number of nitrogens with one attached hydrogen (secondary N) is 1. The van der Waals surface area contributed by atoms with Gasteiger partial charge in [0.25, 0.3) is 5.91 Å². The number of nitrogens with zero attached hydrogens (tertiary/aromatic N) is 1. The fourth-order valence-corrected chi connectivity index (χ4v) is 3.33. The first kappa shape index (κ1) is 23.0. The smallest absolute Gasteiger partial charge is 0.261 e. The Morgan fingerprint density at radius 3 is 2.45 bits per heavy atom. The third-order valence-corrected chi connectivity index (χ3v) is 5.40. The lowest BCUT2D eigenvalue weighted by Gasteiger charge is -2.30. The van der Waals surface area contributed by atoms with E-state index < -0.39 is 6.04 Å². The first-order valence-electron chi connectivity index (χ1n) is 9.41. The molecule has 0 aliphatic heterocycles. The summed E-state index contributed by atoms with van der Waals surface area (Å²) in [6.07, 6.45) is 0.468. The number of rotatable bonds is 8. The highest BCUT2D eigenvalue weighted by molar-refractivity contribution is 6.42. The molecule has 29 heavy (non-hydrogen) atoms. The minimum absolute atomic E-state index is 0.168. The number of carbonyl (C=O) groups excluding carboxylic acids is 2. The normalized spacial score (nSPS) is 11.7. The second kappa shape index (κ2) is 10.5. The number of hydrogen-bond donors (Lipinski definition) is 1. The van der Waals surface area contributed by atoms with E-state index in [1.54, 1.807) is 25.2 Å². The maximum absolute atomic E-state index is 13.1. The fourth-order valence-electron chi connectivity index (χ4n) is 3.01. The fraction of sp³-hybridized carbons (Fsp3) is 0.364. The first-order valence-corrected chi connectivity index (χ1v) is 10.2. The Kier molecular flexibility index (Phi) is 8.35. The summed E-state index contributed by atoms with van der Waals surface area (Å²) < 4.78 is 5.78. The van der Waals surface area contributed by atoms with E-state index in [1.807, 2.05) is 39.0 Å². The van der Waals surface area contributed by atoms with E-state index in [9.17, 15) is 9.59 Å². The molecule has 0 saturated carbocycles. The summed E-state index contributed by atoms with van der Waals surface area (Å²) in [5, 5.41) is 3.46. The predicted octanol–water partition coefficient (Wildman–Crippen LogP) is 4.54. The molecule has 0 aliphatic carbocycles. The van der Waals surface area contributed by atoms with Crippen LogP contribution in [0.3, 0.4) is 0 Å². The molecule has 156 valence electrons. The van der Waals surface area contributed by atoms with Crippen molar-refractivity contribution < 1.29 is 14.3 Å². The highest BCUT2D eigenvalue weighted by Crippen LogP contribution is 2.24. The first-order chi connectivity index (χ1) is 13.8. The van der Waals surface area contributed by atoms with E-state index >= 15 is 0 Å². The van der Waals surface area contributed by atoms with Gasteiger partial charge in [0, 0.05) is 13.6 Å². The van der Waals surface area contributed by atoms with Gasteiger partial charge in [-0.3, -0.25) is 9.59 Å². The van der Waals surface area contributed by atoms with Gasteiger partial charge in [-0.15, -0.1) is 0 Å². The van der Waals surface area contributed by atoms with Crippen LogP contribution in [0.15, 0.2) is 36.4 Å². The molecule has 2 aromatic carbocycles. The Bertz CT molecular complexity index is 886. The Balaban J connectivity index is 2.24. The summed E-state index contributed by atoms with van der Waals surface area (Å²) in [5.41, 5.74) is 2.77. The molecule has 0 aromatic heterocycles. The molecule has 1 N–H and O–H groups in total. The number of carbonyl (C=O) groups is 2. The summed E-state index contributed by atoms with van der Waals surface area (Å²) in [5.74, 6) is 0.140. The van der Waals surface area contributed by atoms with Crippen LogP contribution in [0.4, 0.5) is 0 Å². The second-order valence-electron chi connectivity index (χ2n) is 6.87. The molecule has 0 radical (unpaired) electrons. The molecule has 1 atom stereocenters. The summed E-state index contributed by atoms with van der Waals surface area (Å²) >= 11 is 12.1. The lowest BCUT2D eigenvalue weighted by Crippen LogP contribution is -2.49. The molecule has 0 bridgehead atoms.